The van der Waals surface area contributed by atoms with Gasteiger partial charge in [-0.2, -0.15) is 0 Å². The van der Waals surface area contributed by atoms with E-state index in [1.54, 1.807) is 0 Å². The summed E-state index contributed by atoms with van der Waals surface area (Å²) >= 11 is 0. The van der Waals surface area contributed by atoms with Crippen LogP contribution in [0.1, 0.15) is 57.6 Å². The molecular formula is C18H27NO. The van der Waals surface area contributed by atoms with Crippen molar-refractivity contribution in [3.05, 3.63) is 29.3 Å². The number of benzene rings is 1. The predicted molar refractivity (Wildman–Crippen MR) is 82.9 cm³/mol. The highest BCUT2D eigenvalue weighted by molar-refractivity contribution is 5.47. The third-order valence-electron chi connectivity index (χ3n) is 5.35. The van der Waals surface area contributed by atoms with E-state index in [-0.39, 0.29) is 5.54 Å². The molecule has 1 aliphatic heterocycles. The van der Waals surface area contributed by atoms with Crippen LogP contribution in [0.5, 0.6) is 5.75 Å². The zero-order chi connectivity index (χ0) is 14.4. The third-order valence-corrected chi connectivity index (χ3v) is 5.35. The lowest BCUT2D eigenvalue weighted by molar-refractivity contribution is 0.132. The molecule has 0 aromatic heterocycles. The van der Waals surface area contributed by atoms with Crippen molar-refractivity contribution >= 4 is 0 Å². The molecular weight excluding hydrogens is 246 g/mol. The molecule has 1 aliphatic carbocycles. The van der Waals surface area contributed by atoms with Gasteiger partial charge in [-0.15, -0.1) is 0 Å². The van der Waals surface area contributed by atoms with Crippen LogP contribution in [-0.2, 0) is 12.0 Å². The normalized spacial score (nSPS) is 29.9. The maximum atomic E-state index is 6.78. The highest BCUT2D eigenvalue weighted by Gasteiger charge is 2.39. The molecule has 1 heterocycles. The molecule has 0 bridgehead atoms. The number of hydrogen-bond donors (Lipinski definition) is 1. The number of para-hydroxylation sites is 1. The second-order valence-corrected chi connectivity index (χ2v) is 7.69. The van der Waals surface area contributed by atoms with E-state index in [1.807, 2.05) is 0 Å². The molecule has 0 amide bonds. The average Bonchev–Trinajstić information content (AvgIpc) is 2.86. The number of ether oxygens (including phenoxy) is 1. The Kier molecular flexibility index (Phi) is 3.32. The van der Waals surface area contributed by atoms with Crippen molar-refractivity contribution in [2.45, 2.75) is 58.4 Å². The first-order chi connectivity index (χ1) is 9.40. The zero-order valence-electron chi connectivity index (χ0n) is 13.0. The topological polar surface area (TPSA) is 35.2 Å². The molecule has 0 spiro atoms. The number of nitrogens with two attached hydrogens (primary N) is 1. The summed E-state index contributed by atoms with van der Waals surface area (Å²) in [5.41, 5.74) is 9.58. The maximum absolute atomic E-state index is 6.78. The standard InChI is InChI=1S/C18H27NO/c1-17(2,3)14-7-10-18(19,11-8-14)15-6-4-5-13-9-12-20-16(13)15/h4-6,14H,7-12,19H2,1-3H3. The molecule has 0 atom stereocenters. The van der Waals surface area contributed by atoms with Crippen LogP contribution in [-0.4, -0.2) is 6.61 Å². The lowest BCUT2D eigenvalue weighted by Crippen LogP contribution is -2.42. The molecule has 0 saturated heterocycles. The van der Waals surface area contributed by atoms with Gasteiger partial charge < -0.3 is 10.5 Å². The van der Waals surface area contributed by atoms with Crippen LogP contribution < -0.4 is 10.5 Å². The van der Waals surface area contributed by atoms with Crippen LogP contribution in [0.2, 0.25) is 0 Å². The summed E-state index contributed by atoms with van der Waals surface area (Å²) in [4.78, 5) is 0. The number of fused-ring (bicyclic) bond motifs is 1. The van der Waals surface area contributed by atoms with E-state index in [1.165, 1.54) is 24.0 Å². The highest BCUT2D eigenvalue weighted by atomic mass is 16.5. The first-order valence-electron chi connectivity index (χ1n) is 7.94. The molecule has 0 radical (unpaired) electrons. The van der Waals surface area contributed by atoms with Crippen molar-refractivity contribution < 1.29 is 4.74 Å². The van der Waals surface area contributed by atoms with E-state index >= 15 is 0 Å². The monoisotopic (exact) mass is 273 g/mol. The van der Waals surface area contributed by atoms with Crippen molar-refractivity contribution in [2.75, 3.05) is 6.61 Å². The summed E-state index contributed by atoms with van der Waals surface area (Å²) in [6.45, 7) is 7.87. The summed E-state index contributed by atoms with van der Waals surface area (Å²) < 4.78 is 5.86. The van der Waals surface area contributed by atoms with Crippen molar-refractivity contribution in [1.29, 1.82) is 0 Å². The van der Waals surface area contributed by atoms with Gasteiger partial charge >= 0.3 is 0 Å². The lowest BCUT2D eigenvalue weighted by Gasteiger charge is -2.42. The van der Waals surface area contributed by atoms with E-state index in [0.29, 0.717) is 5.41 Å². The second kappa shape index (κ2) is 4.77. The summed E-state index contributed by atoms with van der Waals surface area (Å²) in [6, 6.07) is 6.50. The molecule has 1 fully saturated rings. The van der Waals surface area contributed by atoms with Gasteiger partial charge in [-0.1, -0.05) is 39.0 Å². The van der Waals surface area contributed by atoms with Crippen LogP contribution in [0.4, 0.5) is 0 Å². The van der Waals surface area contributed by atoms with E-state index in [2.05, 4.69) is 39.0 Å². The Balaban J connectivity index is 1.83. The van der Waals surface area contributed by atoms with Crippen LogP contribution in [0.15, 0.2) is 18.2 Å². The Hall–Kier alpha value is -1.02. The molecule has 20 heavy (non-hydrogen) atoms. The largest absolute Gasteiger partial charge is 0.493 e. The highest BCUT2D eigenvalue weighted by Crippen LogP contribution is 2.47. The molecule has 0 unspecified atom stereocenters. The first kappa shape index (κ1) is 13.9. The third kappa shape index (κ3) is 2.35. The quantitative estimate of drug-likeness (QED) is 0.839. The van der Waals surface area contributed by atoms with Gasteiger partial charge in [0.15, 0.2) is 0 Å². The minimum absolute atomic E-state index is 0.183. The van der Waals surface area contributed by atoms with E-state index in [0.717, 1.165) is 37.5 Å². The fraction of sp³-hybridized carbons (Fsp3) is 0.667. The molecule has 2 heteroatoms. The molecule has 3 rings (SSSR count). The van der Waals surface area contributed by atoms with Crippen LogP contribution in [0.25, 0.3) is 0 Å². The number of rotatable bonds is 1. The second-order valence-electron chi connectivity index (χ2n) is 7.69. The van der Waals surface area contributed by atoms with Crippen molar-refractivity contribution in [3.63, 3.8) is 0 Å². The fourth-order valence-electron chi connectivity index (χ4n) is 3.88. The van der Waals surface area contributed by atoms with Gasteiger partial charge in [-0.25, -0.2) is 0 Å². The fourth-order valence-corrected chi connectivity index (χ4v) is 3.88. The van der Waals surface area contributed by atoms with Crippen molar-refractivity contribution in [3.8, 4) is 5.75 Å². The van der Waals surface area contributed by atoms with E-state index in [9.17, 15) is 0 Å². The van der Waals surface area contributed by atoms with Gasteiger partial charge in [0.25, 0.3) is 0 Å². The van der Waals surface area contributed by atoms with Crippen molar-refractivity contribution in [1.82, 2.24) is 0 Å². The van der Waals surface area contributed by atoms with E-state index in [4.69, 9.17) is 10.5 Å². The summed E-state index contributed by atoms with van der Waals surface area (Å²) in [7, 11) is 0. The number of hydrogen-bond acceptors (Lipinski definition) is 2. The summed E-state index contributed by atoms with van der Waals surface area (Å²) in [5, 5.41) is 0. The van der Waals surface area contributed by atoms with Gasteiger partial charge in [0.05, 0.1) is 6.61 Å². The van der Waals surface area contributed by atoms with Gasteiger partial charge in [-0.05, 0) is 42.6 Å². The molecule has 1 aromatic rings. The van der Waals surface area contributed by atoms with Crippen LogP contribution >= 0.6 is 0 Å². The molecule has 1 saturated carbocycles. The minimum atomic E-state index is -0.183. The Morgan fingerprint density at radius 1 is 1.20 bits per heavy atom. The lowest BCUT2D eigenvalue weighted by atomic mass is 9.66. The molecule has 1 aromatic carbocycles. The zero-order valence-corrected chi connectivity index (χ0v) is 13.0. The van der Waals surface area contributed by atoms with Gasteiger partial charge in [0.2, 0.25) is 0 Å². The maximum Gasteiger partial charge on any atom is 0.127 e. The average molecular weight is 273 g/mol. The molecule has 2 nitrogen and oxygen atoms in total. The Labute approximate surface area is 122 Å². The van der Waals surface area contributed by atoms with E-state index < -0.39 is 0 Å². The summed E-state index contributed by atoms with van der Waals surface area (Å²) in [5.74, 6) is 1.88. The summed E-state index contributed by atoms with van der Waals surface area (Å²) in [6.07, 6.45) is 5.64. The van der Waals surface area contributed by atoms with Gasteiger partial charge in [0.1, 0.15) is 5.75 Å². The first-order valence-corrected chi connectivity index (χ1v) is 7.94. The van der Waals surface area contributed by atoms with Crippen LogP contribution in [0.3, 0.4) is 0 Å². The van der Waals surface area contributed by atoms with Crippen LogP contribution in [0, 0.1) is 11.3 Å². The van der Waals surface area contributed by atoms with Gasteiger partial charge in [-0.3, -0.25) is 0 Å². The molecule has 2 aliphatic rings. The Bertz CT molecular complexity index is 493. The Morgan fingerprint density at radius 3 is 2.55 bits per heavy atom. The van der Waals surface area contributed by atoms with Gasteiger partial charge in [0, 0.05) is 17.5 Å². The minimum Gasteiger partial charge on any atom is -0.493 e. The molecule has 110 valence electrons. The van der Waals surface area contributed by atoms with Crippen molar-refractivity contribution in [2.24, 2.45) is 17.1 Å². The SMILES string of the molecule is CC(C)(C)C1CCC(N)(c2cccc3c2OCC3)CC1. The molecule has 2 N–H and O–H groups in total. The smallest absolute Gasteiger partial charge is 0.127 e. The predicted octanol–water partition coefficient (Wildman–Crippen LogP) is 4.01. The Morgan fingerprint density at radius 2 is 1.90 bits per heavy atom.